The molecule has 0 saturated carbocycles. The van der Waals surface area contributed by atoms with E-state index >= 15 is 0 Å². The van der Waals surface area contributed by atoms with Gasteiger partial charge in [-0.15, -0.1) is 0 Å². The quantitative estimate of drug-likeness (QED) is 0.722. The van der Waals surface area contributed by atoms with Crippen LogP contribution in [0.4, 0.5) is 13.2 Å². The predicted octanol–water partition coefficient (Wildman–Crippen LogP) is 1.70. The Morgan fingerprint density at radius 3 is 2.43 bits per heavy atom. The van der Waals surface area contributed by atoms with Gasteiger partial charge >= 0.3 is 0 Å². The molecular weight excluding hydrogens is 195 g/mol. The second-order valence-corrected chi connectivity index (χ2v) is 3.16. The molecule has 0 aromatic heterocycles. The number of benzene rings is 1. The predicted molar refractivity (Wildman–Crippen MR) is 45.3 cm³/mol. The molecule has 0 aliphatic heterocycles. The van der Waals surface area contributed by atoms with Crippen LogP contribution in [0.1, 0.15) is 12.5 Å². The Morgan fingerprint density at radius 1 is 1.36 bits per heavy atom. The average Bonchev–Trinajstić information content (AvgIpc) is 2.09. The van der Waals surface area contributed by atoms with E-state index in [0.29, 0.717) is 6.07 Å². The van der Waals surface area contributed by atoms with Crippen molar-refractivity contribution in [3.8, 4) is 5.75 Å². The second kappa shape index (κ2) is 3.88. The third kappa shape index (κ3) is 1.98. The van der Waals surface area contributed by atoms with Crippen LogP contribution in [0.3, 0.4) is 0 Å². The summed E-state index contributed by atoms with van der Waals surface area (Å²) in [7, 11) is 0. The van der Waals surface area contributed by atoms with Gasteiger partial charge in [-0.2, -0.15) is 0 Å². The van der Waals surface area contributed by atoms with Crippen molar-refractivity contribution in [3.63, 3.8) is 0 Å². The minimum atomic E-state index is -1.32. The Kier molecular flexibility index (Phi) is 3.00. The molecule has 1 aromatic carbocycles. The molecule has 2 nitrogen and oxygen atoms in total. The molecule has 1 unspecified atom stereocenters. The van der Waals surface area contributed by atoms with Gasteiger partial charge in [-0.3, -0.25) is 0 Å². The number of rotatable bonds is 2. The van der Waals surface area contributed by atoms with E-state index < -0.39 is 34.8 Å². The maximum atomic E-state index is 13.0. The normalized spacial score (nSPS) is 12.9. The van der Waals surface area contributed by atoms with Crippen molar-refractivity contribution in [3.05, 3.63) is 29.1 Å². The lowest BCUT2D eigenvalue weighted by atomic mass is 10.1. The van der Waals surface area contributed by atoms with Crippen LogP contribution in [0.2, 0.25) is 0 Å². The van der Waals surface area contributed by atoms with Gasteiger partial charge in [-0.25, -0.2) is 13.2 Å². The van der Waals surface area contributed by atoms with Crippen molar-refractivity contribution in [2.75, 3.05) is 0 Å². The van der Waals surface area contributed by atoms with Gasteiger partial charge < -0.3 is 10.8 Å². The highest BCUT2D eigenvalue weighted by Gasteiger charge is 2.18. The molecule has 5 heteroatoms. The van der Waals surface area contributed by atoms with E-state index in [-0.39, 0.29) is 6.42 Å². The molecule has 0 aliphatic carbocycles. The molecule has 0 aliphatic rings. The molecule has 14 heavy (non-hydrogen) atoms. The minimum absolute atomic E-state index is 0.119. The van der Waals surface area contributed by atoms with E-state index in [4.69, 9.17) is 10.8 Å². The summed E-state index contributed by atoms with van der Waals surface area (Å²) >= 11 is 0. The summed E-state index contributed by atoms with van der Waals surface area (Å²) in [6, 6.07) is -0.188. The topological polar surface area (TPSA) is 46.2 Å². The lowest BCUT2D eigenvalue weighted by Crippen LogP contribution is -2.19. The van der Waals surface area contributed by atoms with E-state index in [0.717, 1.165) is 0 Å². The van der Waals surface area contributed by atoms with Crippen LogP contribution in [-0.2, 0) is 6.42 Å². The van der Waals surface area contributed by atoms with Crippen molar-refractivity contribution in [2.24, 2.45) is 5.73 Å². The van der Waals surface area contributed by atoms with Gasteiger partial charge in [-0.05, 0) is 13.3 Å². The second-order valence-electron chi connectivity index (χ2n) is 3.16. The third-order valence-corrected chi connectivity index (χ3v) is 1.77. The lowest BCUT2D eigenvalue weighted by Gasteiger charge is -2.09. The SMILES string of the molecule is CC(N)Cc1c(O)c(F)cc(F)c1F. The first kappa shape index (κ1) is 10.8. The van der Waals surface area contributed by atoms with Gasteiger partial charge in [0.1, 0.15) is 0 Å². The zero-order chi connectivity index (χ0) is 10.9. The van der Waals surface area contributed by atoms with Gasteiger partial charge in [0.25, 0.3) is 0 Å². The molecule has 0 spiro atoms. The molecule has 3 N–H and O–H groups in total. The van der Waals surface area contributed by atoms with Crippen LogP contribution in [-0.4, -0.2) is 11.1 Å². The van der Waals surface area contributed by atoms with Gasteiger partial charge in [0, 0.05) is 17.7 Å². The van der Waals surface area contributed by atoms with E-state index in [1.54, 1.807) is 6.92 Å². The zero-order valence-corrected chi connectivity index (χ0v) is 7.52. The Morgan fingerprint density at radius 2 is 1.93 bits per heavy atom. The standard InChI is InChI=1S/C9H10F3NO/c1-4(13)2-5-8(12)6(10)3-7(11)9(5)14/h3-4,14H,2,13H2,1H3. The van der Waals surface area contributed by atoms with Crippen molar-refractivity contribution in [1.82, 2.24) is 0 Å². The van der Waals surface area contributed by atoms with Gasteiger partial charge in [0.2, 0.25) is 0 Å². The fraction of sp³-hybridized carbons (Fsp3) is 0.333. The Hall–Kier alpha value is -1.23. The minimum Gasteiger partial charge on any atom is -0.505 e. The summed E-state index contributed by atoms with van der Waals surface area (Å²) in [5, 5.41) is 9.11. The van der Waals surface area contributed by atoms with E-state index in [1.165, 1.54) is 0 Å². The molecule has 1 aromatic rings. The van der Waals surface area contributed by atoms with Crippen LogP contribution < -0.4 is 5.73 Å². The van der Waals surface area contributed by atoms with Crippen molar-refractivity contribution in [1.29, 1.82) is 0 Å². The van der Waals surface area contributed by atoms with Crippen LogP contribution in [0, 0.1) is 17.5 Å². The number of nitrogens with two attached hydrogens (primary N) is 1. The number of hydrogen-bond donors (Lipinski definition) is 2. The summed E-state index contributed by atoms with van der Waals surface area (Å²) in [4.78, 5) is 0. The van der Waals surface area contributed by atoms with Crippen molar-refractivity contribution < 1.29 is 18.3 Å². The summed E-state index contributed by atoms with van der Waals surface area (Å²) in [6.45, 7) is 1.54. The molecule has 1 atom stereocenters. The number of aromatic hydroxyl groups is 1. The van der Waals surface area contributed by atoms with Crippen LogP contribution in [0.5, 0.6) is 5.75 Å². The van der Waals surface area contributed by atoms with Crippen molar-refractivity contribution >= 4 is 0 Å². The zero-order valence-electron chi connectivity index (χ0n) is 7.52. The summed E-state index contributed by atoms with van der Waals surface area (Å²) in [6.07, 6.45) is -0.119. The van der Waals surface area contributed by atoms with E-state index in [2.05, 4.69) is 0 Å². The smallest absolute Gasteiger partial charge is 0.168 e. The Labute approximate surface area is 79.2 Å². The number of phenols is 1. The first-order valence-corrected chi connectivity index (χ1v) is 4.04. The van der Waals surface area contributed by atoms with Gasteiger partial charge in [-0.1, -0.05) is 0 Å². The molecule has 0 amide bonds. The third-order valence-electron chi connectivity index (χ3n) is 1.77. The Balaban J connectivity index is 3.25. The largest absolute Gasteiger partial charge is 0.505 e. The number of phenolic OH excluding ortho intramolecular Hbond substituents is 1. The Bertz CT molecular complexity index is 326. The van der Waals surface area contributed by atoms with Crippen LogP contribution in [0.15, 0.2) is 6.07 Å². The highest BCUT2D eigenvalue weighted by molar-refractivity contribution is 5.36. The fourth-order valence-electron chi connectivity index (χ4n) is 1.14. The molecular formula is C9H10F3NO. The molecule has 0 radical (unpaired) electrons. The lowest BCUT2D eigenvalue weighted by molar-refractivity contribution is 0.400. The maximum Gasteiger partial charge on any atom is 0.168 e. The molecule has 0 fully saturated rings. The van der Waals surface area contributed by atoms with Crippen LogP contribution >= 0.6 is 0 Å². The molecule has 0 saturated heterocycles. The number of halogens is 3. The summed E-state index contributed by atoms with van der Waals surface area (Å²) in [5.41, 5.74) is 4.92. The molecule has 0 bridgehead atoms. The van der Waals surface area contributed by atoms with E-state index in [9.17, 15) is 13.2 Å². The monoisotopic (exact) mass is 205 g/mol. The van der Waals surface area contributed by atoms with Crippen LogP contribution in [0.25, 0.3) is 0 Å². The first-order valence-electron chi connectivity index (χ1n) is 4.04. The fourth-order valence-corrected chi connectivity index (χ4v) is 1.14. The highest BCUT2D eigenvalue weighted by atomic mass is 19.2. The van der Waals surface area contributed by atoms with Gasteiger partial charge in [0.05, 0.1) is 0 Å². The summed E-state index contributed by atoms with van der Waals surface area (Å²) in [5.74, 6) is -4.63. The summed E-state index contributed by atoms with van der Waals surface area (Å²) < 4.78 is 38.5. The van der Waals surface area contributed by atoms with E-state index in [1.807, 2.05) is 0 Å². The highest BCUT2D eigenvalue weighted by Crippen LogP contribution is 2.27. The molecule has 0 heterocycles. The average molecular weight is 205 g/mol. The van der Waals surface area contributed by atoms with Gasteiger partial charge in [0.15, 0.2) is 23.2 Å². The van der Waals surface area contributed by atoms with Crippen molar-refractivity contribution in [2.45, 2.75) is 19.4 Å². The molecule has 78 valence electrons. The number of hydrogen-bond acceptors (Lipinski definition) is 2. The maximum absolute atomic E-state index is 13.0. The first-order chi connectivity index (χ1) is 6.43. The molecule has 1 rings (SSSR count).